The summed E-state index contributed by atoms with van der Waals surface area (Å²) in [6.45, 7) is 1.87. The van der Waals surface area contributed by atoms with Gasteiger partial charge in [-0.15, -0.1) is 0 Å². The average molecular weight is 245 g/mol. The van der Waals surface area contributed by atoms with Crippen molar-refractivity contribution in [2.75, 3.05) is 38.7 Å². The molecule has 0 amide bonds. The third-order valence-electron chi connectivity index (χ3n) is 3.92. The van der Waals surface area contributed by atoms with Gasteiger partial charge in [0.1, 0.15) is 0 Å². The van der Waals surface area contributed by atoms with Crippen LogP contribution in [0.2, 0.25) is 0 Å². The zero-order valence-electron chi connectivity index (χ0n) is 10.9. The van der Waals surface area contributed by atoms with Crippen molar-refractivity contribution in [3.63, 3.8) is 0 Å². The Morgan fingerprint density at radius 2 is 2.28 bits per heavy atom. The molecule has 1 aromatic carbocycles. The van der Waals surface area contributed by atoms with E-state index in [4.69, 9.17) is 5.26 Å². The quantitative estimate of drug-likeness (QED) is 0.865. The van der Waals surface area contributed by atoms with Crippen LogP contribution in [0.15, 0.2) is 24.3 Å². The summed E-state index contributed by atoms with van der Waals surface area (Å²) in [7, 11) is 4.01. The summed E-state index contributed by atoms with van der Waals surface area (Å²) >= 11 is 0. The number of aliphatic hydroxyl groups excluding tert-OH is 1. The summed E-state index contributed by atoms with van der Waals surface area (Å²) in [4.78, 5) is 4.33. The largest absolute Gasteiger partial charge is 0.394 e. The van der Waals surface area contributed by atoms with Gasteiger partial charge in [0.25, 0.3) is 0 Å². The van der Waals surface area contributed by atoms with Gasteiger partial charge in [-0.3, -0.25) is 4.90 Å². The summed E-state index contributed by atoms with van der Waals surface area (Å²) in [5.41, 5.74) is 1.58. The van der Waals surface area contributed by atoms with E-state index in [9.17, 15) is 5.11 Å². The van der Waals surface area contributed by atoms with Gasteiger partial charge < -0.3 is 10.0 Å². The summed E-state index contributed by atoms with van der Waals surface area (Å²) < 4.78 is 0. The molecule has 4 heteroatoms. The van der Waals surface area contributed by atoms with E-state index in [1.54, 1.807) is 0 Å². The van der Waals surface area contributed by atoms with Gasteiger partial charge in [0.15, 0.2) is 0 Å². The minimum absolute atomic E-state index is 0.161. The van der Waals surface area contributed by atoms with Crippen molar-refractivity contribution >= 4 is 5.69 Å². The first kappa shape index (κ1) is 12.9. The molecule has 1 saturated heterocycles. The average Bonchev–Trinajstić information content (AvgIpc) is 2.84. The molecule has 2 rings (SSSR count). The molecule has 1 unspecified atom stereocenters. The molecule has 1 aliphatic heterocycles. The molecule has 0 bridgehead atoms. The Hall–Kier alpha value is -1.57. The lowest BCUT2D eigenvalue weighted by Crippen LogP contribution is -2.49. The number of rotatable bonds is 3. The summed E-state index contributed by atoms with van der Waals surface area (Å²) in [6, 6.07) is 9.80. The normalized spacial score (nSPS) is 23.4. The van der Waals surface area contributed by atoms with Gasteiger partial charge in [-0.25, -0.2) is 0 Å². The van der Waals surface area contributed by atoms with E-state index >= 15 is 0 Å². The highest BCUT2D eigenvalue weighted by molar-refractivity contribution is 5.52. The lowest BCUT2D eigenvalue weighted by Gasteiger charge is -2.34. The third kappa shape index (κ3) is 2.20. The predicted octanol–water partition coefficient (Wildman–Crippen LogP) is 1.06. The number of anilines is 1. The van der Waals surface area contributed by atoms with Gasteiger partial charge in [0.2, 0.25) is 0 Å². The zero-order valence-corrected chi connectivity index (χ0v) is 10.9. The molecule has 18 heavy (non-hydrogen) atoms. The molecule has 0 aromatic heterocycles. The van der Waals surface area contributed by atoms with Crippen LogP contribution < -0.4 is 4.90 Å². The van der Waals surface area contributed by atoms with Crippen LogP contribution in [-0.2, 0) is 0 Å². The SMILES string of the molecule is CN(C)C1(CO)CCN(c2cccc(C#N)c2)C1. The van der Waals surface area contributed by atoms with E-state index in [1.807, 2.05) is 38.4 Å². The highest BCUT2D eigenvalue weighted by atomic mass is 16.3. The molecule has 1 heterocycles. The minimum atomic E-state index is -0.164. The van der Waals surface area contributed by atoms with Crippen LogP contribution in [0.1, 0.15) is 12.0 Å². The Morgan fingerprint density at radius 3 is 2.83 bits per heavy atom. The van der Waals surface area contributed by atoms with Crippen molar-refractivity contribution in [2.24, 2.45) is 0 Å². The lowest BCUT2D eigenvalue weighted by molar-refractivity contribution is 0.0867. The second kappa shape index (κ2) is 4.97. The smallest absolute Gasteiger partial charge is 0.0992 e. The molecule has 0 radical (unpaired) electrons. The van der Waals surface area contributed by atoms with E-state index in [2.05, 4.69) is 15.9 Å². The molecule has 1 N–H and O–H groups in total. The van der Waals surface area contributed by atoms with Crippen molar-refractivity contribution in [3.8, 4) is 6.07 Å². The Kier molecular flexibility index (Phi) is 3.55. The maximum absolute atomic E-state index is 9.63. The van der Waals surface area contributed by atoms with Crippen molar-refractivity contribution in [3.05, 3.63) is 29.8 Å². The van der Waals surface area contributed by atoms with Gasteiger partial charge in [-0.1, -0.05) is 6.07 Å². The topological polar surface area (TPSA) is 50.5 Å². The lowest BCUT2D eigenvalue weighted by atomic mass is 9.99. The zero-order chi connectivity index (χ0) is 13.2. The summed E-state index contributed by atoms with van der Waals surface area (Å²) in [5, 5.41) is 18.6. The van der Waals surface area contributed by atoms with Gasteiger partial charge in [0, 0.05) is 18.8 Å². The Balaban J connectivity index is 2.20. The fourth-order valence-electron chi connectivity index (χ4n) is 2.48. The van der Waals surface area contributed by atoms with Crippen LogP contribution in [0, 0.1) is 11.3 Å². The maximum atomic E-state index is 9.63. The van der Waals surface area contributed by atoms with E-state index in [0.29, 0.717) is 5.56 Å². The first-order chi connectivity index (χ1) is 8.61. The minimum Gasteiger partial charge on any atom is -0.394 e. The van der Waals surface area contributed by atoms with Gasteiger partial charge in [-0.2, -0.15) is 5.26 Å². The van der Waals surface area contributed by atoms with Crippen LogP contribution in [0.25, 0.3) is 0 Å². The molecule has 96 valence electrons. The van der Waals surface area contributed by atoms with Gasteiger partial charge in [-0.05, 0) is 38.7 Å². The fraction of sp³-hybridized carbons (Fsp3) is 0.500. The number of nitriles is 1. The van der Waals surface area contributed by atoms with E-state index in [1.165, 1.54) is 0 Å². The molecular weight excluding hydrogens is 226 g/mol. The summed E-state index contributed by atoms with van der Waals surface area (Å²) in [6.07, 6.45) is 0.938. The standard InChI is InChI=1S/C14H19N3O/c1-16(2)14(11-18)6-7-17(10-14)13-5-3-4-12(8-13)9-15/h3-5,8,18H,6-7,10-11H2,1-2H3. The highest BCUT2D eigenvalue weighted by Crippen LogP contribution is 2.30. The first-order valence-electron chi connectivity index (χ1n) is 6.15. The van der Waals surface area contributed by atoms with Crippen LogP contribution in [0.3, 0.4) is 0 Å². The van der Waals surface area contributed by atoms with Crippen molar-refractivity contribution in [1.29, 1.82) is 5.26 Å². The van der Waals surface area contributed by atoms with Crippen LogP contribution in [0.4, 0.5) is 5.69 Å². The number of hydrogen-bond donors (Lipinski definition) is 1. The fourth-order valence-corrected chi connectivity index (χ4v) is 2.48. The number of aliphatic hydroxyl groups is 1. The molecule has 1 fully saturated rings. The Labute approximate surface area is 108 Å². The molecule has 1 aromatic rings. The second-order valence-corrected chi connectivity index (χ2v) is 5.11. The third-order valence-corrected chi connectivity index (χ3v) is 3.92. The van der Waals surface area contributed by atoms with Crippen molar-refractivity contribution in [2.45, 2.75) is 12.0 Å². The van der Waals surface area contributed by atoms with E-state index in [0.717, 1.165) is 25.2 Å². The Morgan fingerprint density at radius 1 is 1.50 bits per heavy atom. The van der Waals surface area contributed by atoms with Crippen LogP contribution >= 0.6 is 0 Å². The van der Waals surface area contributed by atoms with E-state index < -0.39 is 0 Å². The number of nitrogens with zero attached hydrogens (tertiary/aromatic N) is 3. The Bertz CT molecular complexity index is 466. The van der Waals surface area contributed by atoms with Crippen molar-refractivity contribution in [1.82, 2.24) is 4.90 Å². The maximum Gasteiger partial charge on any atom is 0.0992 e. The molecule has 0 aliphatic carbocycles. The molecular formula is C14H19N3O. The van der Waals surface area contributed by atoms with E-state index in [-0.39, 0.29) is 12.1 Å². The van der Waals surface area contributed by atoms with Gasteiger partial charge >= 0.3 is 0 Å². The number of hydrogen-bond acceptors (Lipinski definition) is 4. The molecule has 1 aliphatic rings. The molecule has 0 spiro atoms. The second-order valence-electron chi connectivity index (χ2n) is 5.11. The number of likely N-dealkylation sites (N-methyl/N-ethyl adjacent to an activating group) is 1. The first-order valence-corrected chi connectivity index (χ1v) is 6.15. The highest BCUT2D eigenvalue weighted by Gasteiger charge is 2.39. The van der Waals surface area contributed by atoms with Gasteiger partial charge in [0.05, 0.1) is 23.8 Å². The predicted molar refractivity (Wildman–Crippen MR) is 71.5 cm³/mol. The summed E-state index contributed by atoms with van der Waals surface area (Å²) in [5.74, 6) is 0. The van der Waals surface area contributed by atoms with Crippen LogP contribution in [0.5, 0.6) is 0 Å². The monoisotopic (exact) mass is 245 g/mol. The molecule has 0 saturated carbocycles. The van der Waals surface area contributed by atoms with Crippen LogP contribution in [-0.4, -0.2) is 49.3 Å². The molecule has 1 atom stereocenters. The van der Waals surface area contributed by atoms with Crippen molar-refractivity contribution < 1.29 is 5.11 Å². The molecule has 4 nitrogen and oxygen atoms in total. The number of benzene rings is 1.